The third-order valence-corrected chi connectivity index (χ3v) is 2.80. The molecule has 0 aromatic carbocycles. The molecule has 1 unspecified atom stereocenters. The van der Waals surface area contributed by atoms with Gasteiger partial charge in [-0.1, -0.05) is 6.07 Å². The molecule has 4 heteroatoms. The summed E-state index contributed by atoms with van der Waals surface area (Å²) in [4.78, 5) is 17.6. The van der Waals surface area contributed by atoms with Crippen molar-refractivity contribution in [2.45, 2.75) is 25.8 Å². The van der Waals surface area contributed by atoms with Gasteiger partial charge in [0.05, 0.1) is 0 Å². The van der Waals surface area contributed by atoms with Crippen LogP contribution in [0.15, 0.2) is 24.4 Å². The highest BCUT2D eigenvalue weighted by Gasteiger charge is 2.20. The standard InChI is InChI=1S/C12H17N3O/c1-10(16)14-11-5-4-8-15(9-11)12-6-2-3-7-13-12/h2-3,6-7,11H,4-5,8-9H2,1H3,(H,14,16). The first-order valence-corrected chi connectivity index (χ1v) is 5.69. The number of anilines is 1. The molecule has 1 aliphatic heterocycles. The Morgan fingerprint density at radius 1 is 1.56 bits per heavy atom. The first-order valence-electron chi connectivity index (χ1n) is 5.69. The van der Waals surface area contributed by atoms with E-state index in [0.29, 0.717) is 0 Å². The number of nitrogens with one attached hydrogen (secondary N) is 1. The Bertz CT molecular complexity index is 353. The average molecular weight is 219 g/mol. The predicted molar refractivity (Wildman–Crippen MR) is 63.3 cm³/mol. The van der Waals surface area contributed by atoms with Gasteiger partial charge < -0.3 is 10.2 Å². The monoisotopic (exact) mass is 219 g/mol. The van der Waals surface area contributed by atoms with Crippen LogP contribution in [0.1, 0.15) is 19.8 Å². The second-order valence-corrected chi connectivity index (χ2v) is 4.17. The van der Waals surface area contributed by atoms with Crippen LogP contribution in [0, 0.1) is 0 Å². The zero-order valence-corrected chi connectivity index (χ0v) is 9.52. The van der Waals surface area contributed by atoms with Gasteiger partial charge in [0.15, 0.2) is 0 Å². The van der Waals surface area contributed by atoms with Gasteiger partial charge in [-0.25, -0.2) is 4.98 Å². The molecular formula is C12H17N3O. The summed E-state index contributed by atoms with van der Waals surface area (Å²) < 4.78 is 0. The van der Waals surface area contributed by atoms with Crippen LogP contribution in [0.2, 0.25) is 0 Å². The highest BCUT2D eigenvalue weighted by molar-refractivity contribution is 5.73. The first-order chi connectivity index (χ1) is 7.75. The Hall–Kier alpha value is -1.58. The summed E-state index contributed by atoms with van der Waals surface area (Å²) in [6.07, 6.45) is 3.96. The Kier molecular flexibility index (Phi) is 3.39. The van der Waals surface area contributed by atoms with Crippen molar-refractivity contribution < 1.29 is 4.79 Å². The van der Waals surface area contributed by atoms with Gasteiger partial charge in [0.2, 0.25) is 5.91 Å². The van der Waals surface area contributed by atoms with Gasteiger partial charge in [-0.3, -0.25) is 4.79 Å². The molecule has 2 heterocycles. The van der Waals surface area contributed by atoms with E-state index in [1.807, 2.05) is 18.2 Å². The lowest BCUT2D eigenvalue weighted by atomic mass is 10.1. The number of pyridine rings is 1. The molecule has 4 nitrogen and oxygen atoms in total. The molecule has 1 saturated heterocycles. The fraction of sp³-hybridized carbons (Fsp3) is 0.500. The SMILES string of the molecule is CC(=O)NC1CCCN(c2ccccn2)C1. The van der Waals surface area contributed by atoms with Crippen LogP contribution >= 0.6 is 0 Å². The lowest BCUT2D eigenvalue weighted by Gasteiger charge is -2.33. The molecule has 1 aliphatic rings. The highest BCUT2D eigenvalue weighted by atomic mass is 16.1. The van der Waals surface area contributed by atoms with Crippen molar-refractivity contribution in [3.05, 3.63) is 24.4 Å². The Morgan fingerprint density at radius 3 is 3.12 bits per heavy atom. The Balaban J connectivity index is 1.99. The summed E-state index contributed by atoms with van der Waals surface area (Å²) in [5.74, 6) is 1.05. The molecule has 0 radical (unpaired) electrons. The molecular weight excluding hydrogens is 202 g/mol. The van der Waals surface area contributed by atoms with Gasteiger partial charge in [0, 0.05) is 32.3 Å². The largest absolute Gasteiger partial charge is 0.355 e. The Morgan fingerprint density at radius 2 is 2.44 bits per heavy atom. The quantitative estimate of drug-likeness (QED) is 0.812. The van der Waals surface area contributed by atoms with Crippen molar-refractivity contribution in [1.29, 1.82) is 0 Å². The second kappa shape index (κ2) is 4.96. The number of hydrogen-bond acceptors (Lipinski definition) is 3. The molecule has 0 bridgehead atoms. The summed E-state index contributed by atoms with van der Waals surface area (Å²) in [6, 6.07) is 6.17. The molecule has 1 amide bonds. The maximum absolute atomic E-state index is 11.0. The van der Waals surface area contributed by atoms with Gasteiger partial charge in [-0.15, -0.1) is 0 Å². The number of carbonyl (C=O) groups excluding carboxylic acids is 1. The van der Waals surface area contributed by atoms with E-state index in [1.54, 1.807) is 13.1 Å². The number of hydrogen-bond donors (Lipinski definition) is 1. The molecule has 1 aromatic heterocycles. The fourth-order valence-corrected chi connectivity index (χ4v) is 2.13. The number of aromatic nitrogens is 1. The molecule has 86 valence electrons. The average Bonchev–Trinajstić information content (AvgIpc) is 2.30. The van der Waals surface area contributed by atoms with E-state index in [2.05, 4.69) is 15.2 Å². The van der Waals surface area contributed by atoms with E-state index in [4.69, 9.17) is 0 Å². The van der Waals surface area contributed by atoms with Crippen LogP contribution in [0.4, 0.5) is 5.82 Å². The molecule has 1 aromatic rings. The smallest absolute Gasteiger partial charge is 0.217 e. The van der Waals surface area contributed by atoms with E-state index in [-0.39, 0.29) is 11.9 Å². The summed E-state index contributed by atoms with van der Waals surface area (Å²) in [5.41, 5.74) is 0. The number of piperidine rings is 1. The van der Waals surface area contributed by atoms with Crippen LogP contribution in [-0.2, 0) is 4.79 Å². The number of nitrogens with zero attached hydrogens (tertiary/aromatic N) is 2. The molecule has 0 saturated carbocycles. The zero-order valence-electron chi connectivity index (χ0n) is 9.52. The van der Waals surface area contributed by atoms with Crippen molar-refractivity contribution in [2.24, 2.45) is 0 Å². The normalized spacial score (nSPS) is 20.6. The zero-order chi connectivity index (χ0) is 11.4. The van der Waals surface area contributed by atoms with Gasteiger partial charge in [-0.05, 0) is 25.0 Å². The molecule has 16 heavy (non-hydrogen) atoms. The molecule has 1 atom stereocenters. The minimum atomic E-state index is 0.0490. The number of carbonyl (C=O) groups is 1. The molecule has 1 N–H and O–H groups in total. The third-order valence-electron chi connectivity index (χ3n) is 2.80. The van der Waals surface area contributed by atoms with E-state index in [0.717, 1.165) is 31.7 Å². The second-order valence-electron chi connectivity index (χ2n) is 4.17. The minimum Gasteiger partial charge on any atom is -0.355 e. The van der Waals surface area contributed by atoms with Gasteiger partial charge in [0.25, 0.3) is 0 Å². The van der Waals surface area contributed by atoms with Crippen molar-refractivity contribution in [3.8, 4) is 0 Å². The number of amides is 1. The van der Waals surface area contributed by atoms with Gasteiger partial charge >= 0.3 is 0 Å². The summed E-state index contributed by atoms with van der Waals surface area (Å²) >= 11 is 0. The molecule has 1 fully saturated rings. The predicted octanol–water partition coefficient (Wildman–Crippen LogP) is 1.19. The van der Waals surface area contributed by atoms with Crippen LogP contribution in [0.25, 0.3) is 0 Å². The van der Waals surface area contributed by atoms with Crippen LogP contribution < -0.4 is 10.2 Å². The van der Waals surface area contributed by atoms with E-state index < -0.39 is 0 Å². The fourth-order valence-electron chi connectivity index (χ4n) is 2.13. The lowest BCUT2D eigenvalue weighted by Crippen LogP contribution is -2.47. The number of rotatable bonds is 2. The van der Waals surface area contributed by atoms with E-state index >= 15 is 0 Å². The van der Waals surface area contributed by atoms with Crippen molar-refractivity contribution in [3.63, 3.8) is 0 Å². The van der Waals surface area contributed by atoms with Crippen molar-refractivity contribution in [1.82, 2.24) is 10.3 Å². The third kappa shape index (κ3) is 2.72. The Labute approximate surface area is 95.7 Å². The topological polar surface area (TPSA) is 45.2 Å². The van der Waals surface area contributed by atoms with Crippen LogP contribution in [-0.4, -0.2) is 30.0 Å². The summed E-state index contributed by atoms with van der Waals surface area (Å²) in [7, 11) is 0. The summed E-state index contributed by atoms with van der Waals surface area (Å²) in [6.45, 7) is 3.45. The van der Waals surface area contributed by atoms with Crippen LogP contribution in [0.5, 0.6) is 0 Å². The summed E-state index contributed by atoms with van der Waals surface area (Å²) in [5, 5.41) is 2.97. The van der Waals surface area contributed by atoms with Crippen molar-refractivity contribution in [2.75, 3.05) is 18.0 Å². The van der Waals surface area contributed by atoms with Crippen molar-refractivity contribution >= 4 is 11.7 Å². The first kappa shape index (κ1) is 10.9. The van der Waals surface area contributed by atoms with Gasteiger partial charge in [0.1, 0.15) is 5.82 Å². The highest BCUT2D eigenvalue weighted by Crippen LogP contribution is 2.16. The van der Waals surface area contributed by atoms with Gasteiger partial charge in [-0.2, -0.15) is 0 Å². The maximum Gasteiger partial charge on any atom is 0.217 e. The molecule has 0 aliphatic carbocycles. The van der Waals surface area contributed by atoms with E-state index in [1.165, 1.54) is 0 Å². The van der Waals surface area contributed by atoms with E-state index in [9.17, 15) is 4.79 Å². The molecule has 2 rings (SSSR count). The minimum absolute atomic E-state index is 0.0490. The maximum atomic E-state index is 11.0. The lowest BCUT2D eigenvalue weighted by molar-refractivity contribution is -0.119. The van der Waals surface area contributed by atoms with Crippen LogP contribution in [0.3, 0.4) is 0 Å². The molecule has 0 spiro atoms.